The van der Waals surface area contributed by atoms with Crippen LogP contribution in [0.3, 0.4) is 0 Å². The van der Waals surface area contributed by atoms with Gasteiger partial charge in [0, 0.05) is 18.2 Å². The van der Waals surface area contributed by atoms with Crippen LogP contribution in [0.4, 0.5) is 0 Å². The molecule has 82 valence electrons. The lowest BCUT2D eigenvalue weighted by molar-refractivity contribution is -0.114. The summed E-state index contributed by atoms with van der Waals surface area (Å²) in [6.07, 6.45) is 8.88. The van der Waals surface area contributed by atoms with Crippen molar-refractivity contribution in [1.82, 2.24) is 4.90 Å². The number of primary amides is 1. The molecular weight excluding hydrogens is 220 g/mol. The highest BCUT2D eigenvalue weighted by atomic mass is 32.2. The van der Waals surface area contributed by atoms with Crippen LogP contribution in [-0.2, 0) is 4.79 Å². The van der Waals surface area contributed by atoms with Crippen LogP contribution in [0.2, 0.25) is 0 Å². The lowest BCUT2D eigenvalue weighted by atomic mass is 9.86. The standard InChI is InChI=1S/C12H12N2OS/c13-12(15)10-4-8-2-1-3-9-6-16-7-14(5-10)11(8)9/h1-3,5-6,11H,4,7H2,(H2,13,15). The van der Waals surface area contributed by atoms with Gasteiger partial charge in [-0.3, -0.25) is 4.79 Å². The van der Waals surface area contributed by atoms with Crippen LogP contribution in [0.25, 0.3) is 0 Å². The maximum absolute atomic E-state index is 11.3. The predicted molar refractivity (Wildman–Crippen MR) is 65.3 cm³/mol. The molecule has 3 aliphatic rings. The average molecular weight is 232 g/mol. The predicted octanol–water partition coefficient (Wildman–Crippen LogP) is 1.51. The van der Waals surface area contributed by atoms with E-state index < -0.39 is 0 Å². The van der Waals surface area contributed by atoms with Gasteiger partial charge >= 0.3 is 0 Å². The first-order chi connectivity index (χ1) is 7.75. The maximum Gasteiger partial charge on any atom is 0.246 e. The minimum Gasteiger partial charge on any atom is -0.366 e. The van der Waals surface area contributed by atoms with Crippen molar-refractivity contribution in [2.45, 2.75) is 12.5 Å². The van der Waals surface area contributed by atoms with E-state index in [-0.39, 0.29) is 5.91 Å². The van der Waals surface area contributed by atoms with E-state index >= 15 is 0 Å². The Morgan fingerprint density at radius 3 is 3.25 bits per heavy atom. The monoisotopic (exact) mass is 232 g/mol. The smallest absolute Gasteiger partial charge is 0.246 e. The molecule has 0 aromatic rings. The summed E-state index contributed by atoms with van der Waals surface area (Å²) in [6, 6.07) is 0.328. The Hall–Kier alpha value is -1.42. The number of rotatable bonds is 1. The summed E-state index contributed by atoms with van der Waals surface area (Å²) < 4.78 is 0. The van der Waals surface area contributed by atoms with Crippen LogP contribution >= 0.6 is 11.8 Å². The van der Waals surface area contributed by atoms with E-state index in [1.807, 2.05) is 12.3 Å². The Labute approximate surface area is 98.4 Å². The number of carbonyl (C=O) groups excluding carboxylic acids is 1. The van der Waals surface area contributed by atoms with Crippen LogP contribution in [0.5, 0.6) is 0 Å². The molecular formula is C12H12N2OS. The number of allylic oxidation sites excluding steroid dienone is 2. The van der Waals surface area contributed by atoms with Crippen molar-refractivity contribution in [1.29, 1.82) is 0 Å². The number of thioether (sulfide) groups is 1. The first-order valence-corrected chi connectivity index (χ1v) is 6.25. The second-order valence-electron chi connectivity index (χ2n) is 4.13. The Morgan fingerprint density at radius 1 is 1.56 bits per heavy atom. The van der Waals surface area contributed by atoms with Gasteiger partial charge in [0.05, 0.1) is 11.9 Å². The van der Waals surface area contributed by atoms with Crippen molar-refractivity contribution in [2.24, 2.45) is 5.73 Å². The molecule has 2 N–H and O–H groups in total. The molecule has 0 bridgehead atoms. The number of hydrogen-bond donors (Lipinski definition) is 1. The number of nitrogens with zero attached hydrogens (tertiary/aromatic N) is 1. The molecule has 2 heterocycles. The van der Waals surface area contributed by atoms with Crippen molar-refractivity contribution in [3.63, 3.8) is 0 Å². The molecule has 0 fully saturated rings. The lowest BCUT2D eigenvalue weighted by Crippen LogP contribution is -2.40. The highest BCUT2D eigenvalue weighted by molar-refractivity contribution is 8.02. The highest BCUT2D eigenvalue weighted by Crippen LogP contribution is 2.38. The summed E-state index contributed by atoms with van der Waals surface area (Å²) in [5.74, 6) is 0.575. The number of amides is 1. The number of nitrogens with two attached hydrogens (primary N) is 1. The minimum atomic E-state index is -0.310. The first-order valence-electron chi connectivity index (χ1n) is 5.21. The van der Waals surface area contributed by atoms with Gasteiger partial charge in [0.25, 0.3) is 0 Å². The Balaban J connectivity index is 2.06. The fourth-order valence-electron chi connectivity index (χ4n) is 2.37. The van der Waals surface area contributed by atoms with Gasteiger partial charge in [-0.2, -0.15) is 0 Å². The molecule has 1 unspecified atom stereocenters. The van der Waals surface area contributed by atoms with Gasteiger partial charge in [0.15, 0.2) is 0 Å². The van der Waals surface area contributed by atoms with E-state index in [2.05, 4.69) is 22.5 Å². The Bertz CT molecular complexity index is 473. The summed E-state index contributed by atoms with van der Waals surface area (Å²) in [7, 11) is 0. The minimum absolute atomic E-state index is 0.310. The SMILES string of the molecule is NC(=O)C1=CN2CSC=C3C=CC=C(C1)C32. The molecule has 0 spiro atoms. The third kappa shape index (κ3) is 1.41. The molecule has 0 saturated heterocycles. The highest BCUT2D eigenvalue weighted by Gasteiger charge is 2.32. The molecule has 16 heavy (non-hydrogen) atoms. The van der Waals surface area contributed by atoms with Crippen molar-refractivity contribution in [2.75, 3.05) is 5.88 Å². The van der Waals surface area contributed by atoms with Gasteiger partial charge in [-0.15, -0.1) is 11.8 Å². The van der Waals surface area contributed by atoms with Crippen molar-refractivity contribution < 1.29 is 4.79 Å². The largest absolute Gasteiger partial charge is 0.366 e. The summed E-state index contributed by atoms with van der Waals surface area (Å²) in [4.78, 5) is 13.4. The molecule has 0 aromatic heterocycles. The maximum atomic E-state index is 11.3. The summed E-state index contributed by atoms with van der Waals surface area (Å²) in [6.45, 7) is 0. The van der Waals surface area contributed by atoms with Crippen LogP contribution in [0, 0.1) is 0 Å². The van der Waals surface area contributed by atoms with Crippen LogP contribution < -0.4 is 5.73 Å². The Kier molecular flexibility index (Phi) is 2.17. The van der Waals surface area contributed by atoms with E-state index in [0.717, 1.165) is 5.88 Å². The van der Waals surface area contributed by atoms with E-state index in [9.17, 15) is 4.79 Å². The zero-order chi connectivity index (χ0) is 11.1. The fourth-order valence-corrected chi connectivity index (χ4v) is 3.24. The van der Waals surface area contributed by atoms with Gasteiger partial charge in [-0.05, 0) is 16.6 Å². The second kappa shape index (κ2) is 3.56. The Morgan fingerprint density at radius 2 is 2.44 bits per heavy atom. The van der Waals surface area contributed by atoms with Crippen molar-refractivity contribution in [3.8, 4) is 0 Å². The molecule has 4 heteroatoms. The first kappa shape index (κ1) is 9.78. The molecule has 0 saturated carbocycles. The third-order valence-corrected chi connectivity index (χ3v) is 3.96. The van der Waals surface area contributed by atoms with Gasteiger partial charge in [-0.1, -0.05) is 18.2 Å². The third-order valence-electron chi connectivity index (χ3n) is 3.07. The number of carbonyl (C=O) groups is 1. The zero-order valence-electron chi connectivity index (χ0n) is 8.72. The quantitative estimate of drug-likeness (QED) is 0.745. The van der Waals surface area contributed by atoms with Crippen LogP contribution in [0.1, 0.15) is 6.42 Å². The summed E-state index contributed by atoms with van der Waals surface area (Å²) in [5, 5.41) is 2.20. The molecule has 3 nitrogen and oxygen atoms in total. The van der Waals surface area contributed by atoms with E-state index in [0.29, 0.717) is 18.0 Å². The van der Waals surface area contributed by atoms with Gasteiger partial charge in [0.1, 0.15) is 0 Å². The fraction of sp³-hybridized carbons (Fsp3) is 0.250. The molecule has 3 rings (SSSR count). The summed E-state index contributed by atoms with van der Waals surface area (Å²) >= 11 is 1.75. The molecule has 1 aliphatic carbocycles. The zero-order valence-corrected chi connectivity index (χ0v) is 9.54. The second-order valence-corrected chi connectivity index (χ2v) is 4.95. The lowest BCUT2D eigenvalue weighted by Gasteiger charge is -2.40. The van der Waals surface area contributed by atoms with E-state index in [1.165, 1.54) is 11.1 Å². The number of hydrogen-bond acceptors (Lipinski definition) is 3. The molecule has 0 radical (unpaired) electrons. The normalized spacial score (nSPS) is 26.6. The topological polar surface area (TPSA) is 46.3 Å². The molecule has 0 aromatic carbocycles. The van der Waals surface area contributed by atoms with Gasteiger partial charge in [0.2, 0.25) is 5.91 Å². The molecule has 2 aliphatic heterocycles. The van der Waals surface area contributed by atoms with Crippen LogP contribution in [0.15, 0.2) is 46.6 Å². The van der Waals surface area contributed by atoms with Gasteiger partial charge in [-0.25, -0.2) is 0 Å². The van der Waals surface area contributed by atoms with Crippen molar-refractivity contribution >= 4 is 17.7 Å². The molecule has 1 atom stereocenters. The average Bonchev–Trinajstić information content (AvgIpc) is 2.29. The van der Waals surface area contributed by atoms with E-state index in [1.54, 1.807) is 11.8 Å². The van der Waals surface area contributed by atoms with Crippen molar-refractivity contribution in [3.05, 3.63) is 46.6 Å². The van der Waals surface area contributed by atoms with E-state index in [4.69, 9.17) is 5.73 Å². The summed E-state index contributed by atoms with van der Waals surface area (Å²) in [5.41, 5.74) is 8.65. The molecule has 1 amide bonds. The van der Waals surface area contributed by atoms with Crippen LogP contribution in [-0.4, -0.2) is 22.7 Å². The van der Waals surface area contributed by atoms with Gasteiger partial charge < -0.3 is 10.6 Å².